The van der Waals surface area contributed by atoms with Gasteiger partial charge in [0.2, 0.25) is 40.2 Å². The second-order valence-corrected chi connectivity index (χ2v) is 17.0. The topological polar surface area (TPSA) is 379 Å². The zero-order chi connectivity index (χ0) is 64.0. The van der Waals surface area contributed by atoms with Crippen molar-refractivity contribution in [3.05, 3.63) is 54.6 Å². The lowest BCUT2D eigenvalue weighted by atomic mass is 10.2. The summed E-state index contributed by atoms with van der Waals surface area (Å²) in [5, 5.41) is 0. The second-order valence-electron chi connectivity index (χ2n) is 17.0. The lowest BCUT2D eigenvalue weighted by Gasteiger charge is -2.22. The Morgan fingerprint density at radius 1 is 0.174 bits per heavy atom. The van der Waals surface area contributed by atoms with Gasteiger partial charge in [0.15, 0.2) is 57.5 Å². The molecule has 5 aromatic rings. The summed E-state index contributed by atoms with van der Waals surface area (Å²) in [4.78, 5) is 163. The van der Waals surface area contributed by atoms with Gasteiger partial charge in [0, 0.05) is 145 Å². The van der Waals surface area contributed by atoms with E-state index in [4.69, 9.17) is 80.5 Å². The number of ether oxygens (including phenoxy) is 17. The highest BCUT2D eigenvalue weighted by molar-refractivity contribution is 5.84. The molecule has 30 nitrogen and oxygen atoms in total. The molecule has 0 aromatic heterocycles. The minimum atomic E-state index is -1.20. The maximum Gasteiger partial charge on any atom is 0.308 e. The zero-order valence-corrected chi connectivity index (χ0v) is 47.4. The van der Waals surface area contributed by atoms with Gasteiger partial charge in [-0.25, -0.2) is 0 Å². The lowest BCUT2D eigenvalue weighted by molar-refractivity contribution is -0.135. The van der Waals surface area contributed by atoms with Crippen molar-refractivity contribution in [3.8, 4) is 121 Å². The minimum absolute atomic E-state index is 0.319. The van der Waals surface area contributed by atoms with E-state index in [9.17, 15) is 62.3 Å². The molecular weight excluding hydrogens is 1150 g/mol. The fraction of sp³-hybridized carbons (Fsp3) is 0.232. The van der Waals surface area contributed by atoms with Crippen LogP contribution < -0.4 is 80.5 Å². The van der Waals surface area contributed by atoms with Gasteiger partial charge in [0.05, 0.1) is 0 Å². The van der Waals surface area contributed by atoms with Gasteiger partial charge in [0.25, 0.3) is 0 Å². The van der Waals surface area contributed by atoms with Crippen molar-refractivity contribution in [2.24, 2.45) is 0 Å². The highest BCUT2D eigenvalue weighted by atomic mass is 16.6. The number of rotatable bonds is 21. The van der Waals surface area contributed by atoms with Crippen LogP contribution in [0.2, 0.25) is 0 Å². The van der Waals surface area contributed by atoms with Gasteiger partial charge in [-0.2, -0.15) is 0 Å². The summed E-state index contributed by atoms with van der Waals surface area (Å²) in [6.45, 7) is 12.3. The van der Waals surface area contributed by atoms with Crippen LogP contribution in [0.4, 0.5) is 0 Å². The molecule has 30 heteroatoms. The molecule has 5 rings (SSSR count). The predicted octanol–water partition coefficient (Wildman–Crippen LogP) is 7.88. The molecule has 452 valence electrons. The number of benzene rings is 5. The minimum Gasteiger partial charge on any atom is -0.453 e. The first kappa shape index (κ1) is 65.2. The molecule has 0 aliphatic carbocycles. The van der Waals surface area contributed by atoms with Gasteiger partial charge in [-0.05, 0) is 0 Å². The summed E-state index contributed by atoms with van der Waals surface area (Å²) in [6, 6.07) is 8.28. The Morgan fingerprint density at radius 3 is 0.709 bits per heavy atom. The fourth-order valence-corrected chi connectivity index (χ4v) is 6.92. The van der Waals surface area contributed by atoms with Crippen LogP contribution in [-0.4, -0.2) is 77.6 Å². The van der Waals surface area contributed by atoms with E-state index < -0.39 is 193 Å². The summed E-state index contributed by atoms with van der Waals surface area (Å²) < 4.78 is 94.6. The number of hydrogen-bond donors (Lipinski definition) is 0. The first-order chi connectivity index (χ1) is 40.2. The van der Waals surface area contributed by atoms with Gasteiger partial charge in [-0.15, -0.1) is 0 Å². The summed E-state index contributed by atoms with van der Waals surface area (Å²) in [7, 11) is 0. The Morgan fingerprint density at radius 2 is 0.384 bits per heavy atom. The molecule has 0 unspecified atom stereocenters. The van der Waals surface area contributed by atoms with Crippen molar-refractivity contribution < 1.29 is 143 Å². The Labute approximate surface area is 484 Å². The molecule has 0 spiro atoms. The van der Waals surface area contributed by atoms with E-state index in [0.29, 0.717) is 0 Å². The van der Waals surface area contributed by atoms with Crippen LogP contribution in [0.25, 0.3) is 0 Å². The number of carbonyl (C=O) groups excluding carboxylic acids is 13. The third-order valence-corrected chi connectivity index (χ3v) is 9.25. The summed E-state index contributed by atoms with van der Waals surface area (Å²) in [5.74, 6) is -27.5. The van der Waals surface area contributed by atoms with E-state index >= 15 is 0 Å². The van der Waals surface area contributed by atoms with Crippen LogP contribution in [0.5, 0.6) is 121 Å². The molecule has 0 fully saturated rings. The molecule has 0 aliphatic rings. The molecule has 0 amide bonds. The highest BCUT2D eigenvalue weighted by Gasteiger charge is 2.33. The van der Waals surface area contributed by atoms with Crippen molar-refractivity contribution in [2.75, 3.05) is 0 Å². The van der Waals surface area contributed by atoms with Crippen LogP contribution >= 0.6 is 0 Å². The number of hydrogen-bond acceptors (Lipinski definition) is 30. The molecule has 0 bridgehead atoms. The average Bonchev–Trinajstić information content (AvgIpc) is 0.939. The smallest absolute Gasteiger partial charge is 0.308 e. The van der Waals surface area contributed by atoms with E-state index in [-0.39, 0.29) is 5.75 Å². The number of esters is 13. The third kappa shape index (κ3) is 18.7. The van der Waals surface area contributed by atoms with Crippen molar-refractivity contribution in [3.63, 3.8) is 0 Å². The Bertz CT molecular complexity index is 3590. The molecule has 0 saturated carbocycles. The zero-order valence-electron chi connectivity index (χ0n) is 47.4. The van der Waals surface area contributed by atoms with E-state index in [1.807, 2.05) is 0 Å². The summed E-state index contributed by atoms with van der Waals surface area (Å²) in [5.41, 5.74) is 0. The standard InChI is InChI=1S/C56H48O30/c1-23(57)70-36-14-44(75-28(6)62)53(45(15-36)76-29(7)63)84-38-18-43(74-27(5)61)52(80-33(11)67)47(21-38)86-49-22-48(77-30(8)64)54(81-34(12)68)56(82-35(13)69)55(49)85-39-19-42(73-26(4)60)51(79-32(10)66)46(20-39)83-37-16-40(71-24(2)58)50(78-31(9)65)41(17-37)72-25(3)59/h14-22H,1-13H3. The molecule has 0 N–H and O–H groups in total. The van der Waals surface area contributed by atoms with Gasteiger partial charge >= 0.3 is 77.6 Å². The van der Waals surface area contributed by atoms with Gasteiger partial charge in [0.1, 0.15) is 23.0 Å². The highest BCUT2D eigenvalue weighted by Crippen LogP contribution is 2.57. The lowest BCUT2D eigenvalue weighted by Crippen LogP contribution is -2.12. The molecule has 0 atom stereocenters. The van der Waals surface area contributed by atoms with E-state index in [1.165, 1.54) is 0 Å². The Kier molecular flexibility index (Phi) is 21.5. The molecule has 5 aromatic carbocycles. The fourth-order valence-electron chi connectivity index (χ4n) is 6.92. The average molecular weight is 1200 g/mol. The predicted molar refractivity (Wildman–Crippen MR) is 280 cm³/mol. The van der Waals surface area contributed by atoms with Crippen LogP contribution in [0.1, 0.15) is 90.0 Å². The van der Waals surface area contributed by atoms with E-state index in [2.05, 4.69) is 0 Å². The Hall–Kier alpha value is -11.6. The summed E-state index contributed by atoms with van der Waals surface area (Å²) in [6.07, 6.45) is 0. The number of carbonyl (C=O) groups is 13. The normalized spacial score (nSPS) is 10.3. The van der Waals surface area contributed by atoms with Crippen molar-refractivity contribution in [1.82, 2.24) is 0 Å². The van der Waals surface area contributed by atoms with Crippen molar-refractivity contribution in [2.45, 2.75) is 90.0 Å². The molecule has 86 heavy (non-hydrogen) atoms. The van der Waals surface area contributed by atoms with Crippen molar-refractivity contribution >= 4 is 77.6 Å². The van der Waals surface area contributed by atoms with E-state index in [0.717, 1.165) is 145 Å². The molecular formula is C56H48O30. The van der Waals surface area contributed by atoms with Crippen LogP contribution in [0, 0.1) is 0 Å². The van der Waals surface area contributed by atoms with Gasteiger partial charge in [-0.3, -0.25) is 62.3 Å². The molecule has 0 heterocycles. The van der Waals surface area contributed by atoms with Gasteiger partial charge < -0.3 is 80.5 Å². The molecule has 0 radical (unpaired) electrons. The monoisotopic (exact) mass is 1200 g/mol. The van der Waals surface area contributed by atoms with Crippen LogP contribution in [0.15, 0.2) is 54.6 Å². The largest absolute Gasteiger partial charge is 0.453 e. The SMILES string of the molecule is CC(=O)Oc1cc(OC(C)=O)c(Oc2cc(OC(C)=O)c(OC(C)=O)c(Oc3cc(OC(C)=O)c(OC(C)=O)c(OC(C)=O)c3Oc3cc(OC(C)=O)c(OC(C)=O)c(Oc4cc(OC(C)=O)c(OC(C)=O)c(OC(C)=O)c4)c3)c2)c(OC(C)=O)c1. The van der Waals surface area contributed by atoms with Crippen LogP contribution in [-0.2, 0) is 62.3 Å². The first-order valence-electron chi connectivity index (χ1n) is 24.3. The van der Waals surface area contributed by atoms with Crippen LogP contribution in [0.3, 0.4) is 0 Å². The maximum absolute atomic E-state index is 13.1. The quantitative estimate of drug-likeness (QED) is 0.0497. The Balaban J connectivity index is 1.95. The van der Waals surface area contributed by atoms with Gasteiger partial charge in [-0.1, -0.05) is 0 Å². The maximum atomic E-state index is 13.1. The van der Waals surface area contributed by atoms with E-state index in [1.54, 1.807) is 0 Å². The molecule has 0 saturated heterocycles. The second kappa shape index (κ2) is 28.4. The molecule has 0 aliphatic heterocycles. The first-order valence-corrected chi connectivity index (χ1v) is 24.3. The van der Waals surface area contributed by atoms with Crippen molar-refractivity contribution in [1.29, 1.82) is 0 Å². The third-order valence-electron chi connectivity index (χ3n) is 9.25. The summed E-state index contributed by atoms with van der Waals surface area (Å²) >= 11 is 0.